The largest absolute Gasteiger partial charge is 0.466 e. The van der Waals surface area contributed by atoms with Crippen LogP contribution in [-0.2, 0) is 14.3 Å². The molecule has 12 heavy (non-hydrogen) atoms. The maximum atomic E-state index is 10.8. The van der Waals surface area contributed by atoms with Gasteiger partial charge in [0.25, 0.3) is 0 Å². The first kappa shape index (κ1) is 11.9. The highest BCUT2D eigenvalue weighted by Crippen LogP contribution is 2.11. The number of alkyl halides is 1. The van der Waals surface area contributed by atoms with Gasteiger partial charge in [0.15, 0.2) is 0 Å². The standard InChI is InChI=1S/C7H10BrClO3/c1-2-12-6(10)4-3-5(8)7(9)11/h5H,2-4H2,1H3. The van der Waals surface area contributed by atoms with Crippen LogP contribution in [0.5, 0.6) is 0 Å². The van der Waals surface area contributed by atoms with Gasteiger partial charge < -0.3 is 4.74 Å². The van der Waals surface area contributed by atoms with Gasteiger partial charge in [-0.1, -0.05) is 15.9 Å². The normalized spacial score (nSPS) is 12.2. The Labute approximate surface area is 84.5 Å². The Morgan fingerprint density at radius 3 is 2.58 bits per heavy atom. The third-order valence-corrected chi connectivity index (χ3v) is 2.55. The summed E-state index contributed by atoms with van der Waals surface area (Å²) >= 11 is 8.18. The van der Waals surface area contributed by atoms with Crippen molar-refractivity contribution in [1.82, 2.24) is 0 Å². The molecule has 0 amide bonds. The van der Waals surface area contributed by atoms with Crippen LogP contribution in [0, 0.1) is 0 Å². The Balaban J connectivity index is 3.54. The molecule has 0 bridgehead atoms. The summed E-state index contributed by atoms with van der Waals surface area (Å²) in [6, 6.07) is 0. The van der Waals surface area contributed by atoms with Crippen LogP contribution in [0.4, 0.5) is 0 Å². The van der Waals surface area contributed by atoms with Gasteiger partial charge in [0.1, 0.15) is 0 Å². The van der Waals surface area contributed by atoms with E-state index < -0.39 is 10.1 Å². The van der Waals surface area contributed by atoms with Crippen LogP contribution < -0.4 is 0 Å². The van der Waals surface area contributed by atoms with Gasteiger partial charge in [-0.05, 0) is 24.9 Å². The lowest BCUT2D eigenvalue weighted by Crippen LogP contribution is -2.11. The smallest absolute Gasteiger partial charge is 0.305 e. The number of carbonyl (C=O) groups excluding carboxylic acids is 2. The predicted octanol–water partition coefficient (Wildman–Crippen LogP) is 1.86. The molecule has 0 aromatic carbocycles. The zero-order valence-electron chi connectivity index (χ0n) is 6.68. The van der Waals surface area contributed by atoms with Gasteiger partial charge in [0, 0.05) is 6.42 Å². The number of hydrogen-bond acceptors (Lipinski definition) is 3. The zero-order valence-corrected chi connectivity index (χ0v) is 9.02. The van der Waals surface area contributed by atoms with Crippen LogP contribution in [0.2, 0.25) is 0 Å². The van der Waals surface area contributed by atoms with Crippen LogP contribution in [0.25, 0.3) is 0 Å². The van der Waals surface area contributed by atoms with Crippen LogP contribution >= 0.6 is 27.5 Å². The summed E-state index contributed by atoms with van der Waals surface area (Å²) in [6.07, 6.45) is 0.587. The first-order chi connectivity index (χ1) is 5.57. The number of carbonyl (C=O) groups is 2. The molecule has 70 valence electrons. The van der Waals surface area contributed by atoms with E-state index in [-0.39, 0.29) is 12.4 Å². The molecule has 1 atom stereocenters. The molecule has 0 spiro atoms. The predicted molar refractivity (Wildman–Crippen MR) is 49.4 cm³/mol. The third-order valence-electron chi connectivity index (χ3n) is 1.15. The number of ether oxygens (including phenoxy) is 1. The number of esters is 1. The summed E-state index contributed by atoms with van der Waals surface area (Å²) < 4.78 is 4.66. The van der Waals surface area contributed by atoms with Gasteiger partial charge in [-0.2, -0.15) is 0 Å². The summed E-state index contributed by atoms with van der Waals surface area (Å²) in [4.78, 5) is 20.8. The second-order valence-corrected chi connectivity index (χ2v) is 3.59. The van der Waals surface area contributed by atoms with Crippen LogP contribution in [0.1, 0.15) is 19.8 Å². The molecule has 0 N–H and O–H groups in total. The minimum atomic E-state index is -0.487. The Morgan fingerprint density at radius 2 is 2.17 bits per heavy atom. The molecule has 0 heterocycles. The van der Waals surface area contributed by atoms with Gasteiger partial charge >= 0.3 is 5.97 Å². The number of hydrogen-bond donors (Lipinski definition) is 0. The Hall–Kier alpha value is -0.0900. The van der Waals surface area contributed by atoms with Crippen molar-refractivity contribution >= 4 is 38.7 Å². The SMILES string of the molecule is CCOC(=O)CCC(Br)C(=O)Cl. The number of rotatable bonds is 5. The maximum Gasteiger partial charge on any atom is 0.305 e. The van der Waals surface area contributed by atoms with E-state index in [1.165, 1.54) is 0 Å². The first-order valence-electron chi connectivity index (χ1n) is 3.57. The molecular formula is C7H10BrClO3. The van der Waals surface area contributed by atoms with Crippen LogP contribution in [0.3, 0.4) is 0 Å². The van der Waals surface area contributed by atoms with Crippen molar-refractivity contribution in [2.24, 2.45) is 0 Å². The van der Waals surface area contributed by atoms with E-state index in [0.29, 0.717) is 13.0 Å². The molecule has 0 radical (unpaired) electrons. The lowest BCUT2D eigenvalue weighted by Gasteiger charge is -2.03. The molecular weight excluding hydrogens is 247 g/mol. The fraction of sp³-hybridized carbons (Fsp3) is 0.714. The van der Waals surface area contributed by atoms with E-state index in [1.807, 2.05) is 0 Å². The summed E-state index contributed by atoms with van der Waals surface area (Å²) in [5.74, 6) is -0.306. The Kier molecular flexibility index (Phi) is 6.38. The van der Waals surface area contributed by atoms with Crippen molar-refractivity contribution < 1.29 is 14.3 Å². The summed E-state index contributed by atoms with van der Waals surface area (Å²) in [7, 11) is 0. The van der Waals surface area contributed by atoms with Crippen molar-refractivity contribution in [3.63, 3.8) is 0 Å². The van der Waals surface area contributed by atoms with Crippen LogP contribution in [0.15, 0.2) is 0 Å². The average Bonchev–Trinajstić information content (AvgIpc) is 2.00. The molecule has 0 aliphatic rings. The van der Waals surface area contributed by atoms with E-state index in [1.54, 1.807) is 6.92 Å². The van der Waals surface area contributed by atoms with Crippen LogP contribution in [-0.4, -0.2) is 22.6 Å². The van der Waals surface area contributed by atoms with E-state index in [9.17, 15) is 9.59 Å². The minimum absolute atomic E-state index is 0.211. The molecule has 1 unspecified atom stereocenters. The zero-order chi connectivity index (χ0) is 9.56. The van der Waals surface area contributed by atoms with Crippen molar-refractivity contribution in [2.45, 2.75) is 24.6 Å². The monoisotopic (exact) mass is 256 g/mol. The fourth-order valence-corrected chi connectivity index (χ4v) is 0.929. The molecule has 0 saturated carbocycles. The quantitative estimate of drug-likeness (QED) is 0.429. The molecule has 0 fully saturated rings. The average molecular weight is 258 g/mol. The fourth-order valence-electron chi connectivity index (χ4n) is 0.591. The van der Waals surface area contributed by atoms with E-state index >= 15 is 0 Å². The molecule has 0 aliphatic heterocycles. The van der Waals surface area contributed by atoms with Crippen molar-refractivity contribution in [2.75, 3.05) is 6.61 Å². The molecule has 0 saturated heterocycles. The molecule has 5 heteroatoms. The van der Waals surface area contributed by atoms with Crippen molar-refractivity contribution in [1.29, 1.82) is 0 Å². The van der Waals surface area contributed by atoms with Gasteiger partial charge in [0.05, 0.1) is 11.4 Å². The topological polar surface area (TPSA) is 43.4 Å². The Morgan fingerprint density at radius 1 is 1.58 bits per heavy atom. The Bertz CT molecular complexity index is 172. The van der Waals surface area contributed by atoms with Gasteiger partial charge in [0.2, 0.25) is 5.24 Å². The highest BCUT2D eigenvalue weighted by atomic mass is 79.9. The van der Waals surface area contributed by atoms with E-state index in [4.69, 9.17) is 11.6 Å². The third kappa shape index (κ3) is 5.55. The van der Waals surface area contributed by atoms with Gasteiger partial charge in [-0.15, -0.1) is 0 Å². The van der Waals surface area contributed by atoms with Crippen molar-refractivity contribution in [3.8, 4) is 0 Å². The molecule has 0 rings (SSSR count). The first-order valence-corrected chi connectivity index (χ1v) is 4.86. The summed E-state index contributed by atoms with van der Waals surface area (Å²) in [6.45, 7) is 2.09. The summed E-state index contributed by atoms with van der Waals surface area (Å²) in [5.41, 5.74) is 0. The highest BCUT2D eigenvalue weighted by molar-refractivity contribution is 9.10. The van der Waals surface area contributed by atoms with Gasteiger partial charge in [-0.25, -0.2) is 0 Å². The molecule has 0 aliphatic carbocycles. The molecule has 0 aromatic rings. The molecule has 0 aromatic heterocycles. The minimum Gasteiger partial charge on any atom is -0.466 e. The molecule has 3 nitrogen and oxygen atoms in total. The van der Waals surface area contributed by atoms with E-state index in [0.717, 1.165) is 0 Å². The van der Waals surface area contributed by atoms with Gasteiger partial charge in [-0.3, -0.25) is 9.59 Å². The second kappa shape index (κ2) is 6.43. The lowest BCUT2D eigenvalue weighted by molar-refractivity contribution is -0.143. The maximum absolute atomic E-state index is 10.8. The highest BCUT2D eigenvalue weighted by Gasteiger charge is 2.13. The number of halogens is 2. The second-order valence-electron chi connectivity index (χ2n) is 2.12. The lowest BCUT2D eigenvalue weighted by atomic mass is 10.2. The van der Waals surface area contributed by atoms with E-state index in [2.05, 4.69) is 20.7 Å². The van der Waals surface area contributed by atoms with Crippen molar-refractivity contribution in [3.05, 3.63) is 0 Å². The summed E-state index contributed by atoms with van der Waals surface area (Å²) in [5, 5.41) is -0.487.